The third kappa shape index (κ3) is 4.16. The van der Waals surface area contributed by atoms with Crippen molar-refractivity contribution in [3.05, 3.63) is 17.8 Å². The van der Waals surface area contributed by atoms with Crippen molar-refractivity contribution in [1.29, 1.82) is 0 Å². The average Bonchev–Trinajstić information content (AvgIpc) is 2.18. The van der Waals surface area contributed by atoms with Gasteiger partial charge >= 0.3 is 0 Å². The normalized spacial score (nSPS) is 10.7. The Hall–Kier alpha value is -1.29. The Morgan fingerprint density at radius 1 is 1.33 bits per heavy atom. The van der Waals surface area contributed by atoms with Gasteiger partial charge in [0.25, 0.3) is 0 Å². The van der Waals surface area contributed by atoms with Gasteiger partial charge in [-0.05, 0) is 26.8 Å². The number of anilines is 1. The van der Waals surface area contributed by atoms with Gasteiger partial charge < -0.3 is 15.2 Å². The smallest absolute Gasteiger partial charge is 0.213 e. The van der Waals surface area contributed by atoms with E-state index in [2.05, 4.69) is 4.98 Å². The Balaban J connectivity index is 2.35. The van der Waals surface area contributed by atoms with Crippen molar-refractivity contribution in [1.82, 2.24) is 4.98 Å². The summed E-state index contributed by atoms with van der Waals surface area (Å²) in [5, 5.41) is 0. The van der Waals surface area contributed by atoms with E-state index in [4.69, 9.17) is 15.2 Å². The number of pyridine rings is 1. The predicted octanol–water partition coefficient (Wildman–Crippen LogP) is 1.78. The SMILES string of the molecule is Cc1nc(OCCOC(C)C)ccc1N. The maximum atomic E-state index is 5.64. The zero-order chi connectivity index (χ0) is 11.3. The Kier molecular flexibility index (Phi) is 4.37. The van der Waals surface area contributed by atoms with Gasteiger partial charge in [-0.25, -0.2) is 4.98 Å². The van der Waals surface area contributed by atoms with Crippen molar-refractivity contribution in [3.8, 4) is 5.88 Å². The van der Waals surface area contributed by atoms with Crippen LogP contribution in [-0.2, 0) is 4.74 Å². The minimum Gasteiger partial charge on any atom is -0.475 e. The average molecular weight is 210 g/mol. The fourth-order valence-electron chi connectivity index (χ4n) is 1.06. The molecule has 84 valence electrons. The lowest BCUT2D eigenvalue weighted by molar-refractivity contribution is 0.0542. The monoisotopic (exact) mass is 210 g/mol. The van der Waals surface area contributed by atoms with E-state index < -0.39 is 0 Å². The van der Waals surface area contributed by atoms with Crippen molar-refractivity contribution in [2.75, 3.05) is 18.9 Å². The topological polar surface area (TPSA) is 57.4 Å². The Bertz CT molecular complexity index is 313. The Morgan fingerprint density at radius 3 is 2.67 bits per heavy atom. The number of aromatic nitrogens is 1. The molecular weight excluding hydrogens is 192 g/mol. The zero-order valence-corrected chi connectivity index (χ0v) is 9.49. The molecule has 0 radical (unpaired) electrons. The standard InChI is InChI=1S/C11H18N2O2/c1-8(2)14-6-7-15-11-5-4-10(12)9(3)13-11/h4-5,8H,6-7,12H2,1-3H3. The highest BCUT2D eigenvalue weighted by atomic mass is 16.5. The molecule has 0 aliphatic heterocycles. The van der Waals surface area contributed by atoms with E-state index in [0.717, 1.165) is 5.69 Å². The second-order valence-corrected chi connectivity index (χ2v) is 3.59. The highest BCUT2D eigenvalue weighted by Gasteiger charge is 1.99. The summed E-state index contributed by atoms with van der Waals surface area (Å²) < 4.78 is 10.7. The number of rotatable bonds is 5. The lowest BCUT2D eigenvalue weighted by Gasteiger charge is -2.09. The van der Waals surface area contributed by atoms with Gasteiger partial charge in [-0.1, -0.05) is 0 Å². The highest BCUT2D eigenvalue weighted by Crippen LogP contribution is 2.13. The molecule has 0 amide bonds. The molecule has 1 aromatic heterocycles. The summed E-state index contributed by atoms with van der Waals surface area (Å²) in [6.07, 6.45) is 0.231. The van der Waals surface area contributed by atoms with Crippen LogP contribution in [0.3, 0.4) is 0 Å². The van der Waals surface area contributed by atoms with Gasteiger partial charge in [-0.15, -0.1) is 0 Å². The number of hydrogen-bond acceptors (Lipinski definition) is 4. The summed E-state index contributed by atoms with van der Waals surface area (Å²) in [6, 6.07) is 3.55. The van der Waals surface area contributed by atoms with Crippen molar-refractivity contribution in [2.45, 2.75) is 26.9 Å². The van der Waals surface area contributed by atoms with E-state index >= 15 is 0 Å². The fraction of sp³-hybridized carbons (Fsp3) is 0.545. The third-order valence-electron chi connectivity index (χ3n) is 1.89. The second kappa shape index (κ2) is 5.56. The minimum absolute atomic E-state index is 0.231. The molecule has 0 unspecified atom stereocenters. The number of nitrogens with zero attached hydrogens (tertiary/aromatic N) is 1. The molecule has 0 saturated carbocycles. The third-order valence-corrected chi connectivity index (χ3v) is 1.89. The molecule has 0 saturated heterocycles. The number of nitrogens with two attached hydrogens (primary N) is 1. The van der Waals surface area contributed by atoms with E-state index in [1.807, 2.05) is 20.8 Å². The number of nitrogen functional groups attached to an aromatic ring is 1. The molecule has 1 heterocycles. The Labute approximate surface area is 90.4 Å². The van der Waals surface area contributed by atoms with Gasteiger partial charge in [0.05, 0.1) is 24.1 Å². The second-order valence-electron chi connectivity index (χ2n) is 3.59. The first-order chi connectivity index (χ1) is 7.09. The van der Waals surface area contributed by atoms with Crippen LogP contribution in [0.5, 0.6) is 5.88 Å². The summed E-state index contributed by atoms with van der Waals surface area (Å²) in [7, 11) is 0. The molecule has 15 heavy (non-hydrogen) atoms. The lowest BCUT2D eigenvalue weighted by atomic mass is 10.3. The van der Waals surface area contributed by atoms with Crippen LogP contribution in [0.2, 0.25) is 0 Å². The van der Waals surface area contributed by atoms with Crippen LogP contribution < -0.4 is 10.5 Å². The largest absolute Gasteiger partial charge is 0.475 e. The van der Waals surface area contributed by atoms with Gasteiger partial charge in [0.15, 0.2) is 0 Å². The van der Waals surface area contributed by atoms with E-state index in [1.54, 1.807) is 12.1 Å². The molecule has 0 bridgehead atoms. The van der Waals surface area contributed by atoms with Gasteiger partial charge in [0.2, 0.25) is 5.88 Å². The molecule has 0 atom stereocenters. The van der Waals surface area contributed by atoms with Gasteiger partial charge in [0, 0.05) is 6.07 Å². The minimum atomic E-state index is 0.231. The van der Waals surface area contributed by atoms with Crippen LogP contribution in [0.15, 0.2) is 12.1 Å². The summed E-state index contributed by atoms with van der Waals surface area (Å²) in [6.45, 7) is 6.92. The first-order valence-corrected chi connectivity index (χ1v) is 5.07. The van der Waals surface area contributed by atoms with E-state index in [1.165, 1.54) is 0 Å². The first-order valence-electron chi connectivity index (χ1n) is 5.07. The fourth-order valence-corrected chi connectivity index (χ4v) is 1.06. The predicted molar refractivity (Wildman–Crippen MR) is 60.0 cm³/mol. The Morgan fingerprint density at radius 2 is 2.07 bits per heavy atom. The molecule has 0 spiro atoms. The molecule has 1 rings (SSSR count). The zero-order valence-electron chi connectivity index (χ0n) is 9.49. The molecule has 4 nitrogen and oxygen atoms in total. The molecule has 0 aromatic carbocycles. The summed E-state index contributed by atoms with van der Waals surface area (Å²) in [5.74, 6) is 0.592. The molecule has 2 N–H and O–H groups in total. The first kappa shape index (κ1) is 11.8. The summed E-state index contributed by atoms with van der Waals surface area (Å²) in [5.41, 5.74) is 7.11. The number of aryl methyl sites for hydroxylation is 1. The number of hydrogen-bond donors (Lipinski definition) is 1. The van der Waals surface area contributed by atoms with Crippen molar-refractivity contribution < 1.29 is 9.47 Å². The summed E-state index contributed by atoms with van der Waals surface area (Å²) >= 11 is 0. The maximum absolute atomic E-state index is 5.64. The van der Waals surface area contributed by atoms with Crippen molar-refractivity contribution in [2.24, 2.45) is 0 Å². The van der Waals surface area contributed by atoms with Crippen LogP contribution in [-0.4, -0.2) is 24.3 Å². The van der Waals surface area contributed by atoms with Crippen molar-refractivity contribution in [3.63, 3.8) is 0 Å². The quantitative estimate of drug-likeness (QED) is 0.752. The maximum Gasteiger partial charge on any atom is 0.213 e. The van der Waals surface area contributed by atoms with Gasteiger partial charge in [-0.2, -0.15) is 0 Å². The van der Waals surface area contributed by atoms with Crippen LogP contribution in [0.25, 0.3) is 0 Å². The molecule has 4 heteroatoms. The number of ether oxygens (including phenoxy) is 2. The van der Waals surface area contributed by atoms with E-state index in [9.17, 15) is 0 Å². The van der Waals surface area contributed by atoms with Gasteiger partial charge in [-0.3, -0.25) is 0 Å². The molecule has 0 aliphatic rings. The molecule has 1 aromatic rings. The van der Waals surface area contributed by atoms with Crippen LogP contribution in [0.4, 0.5) is 5.69 Å². The van der Waals surface area contributed by atoms with Crippen molar-refractivity contribution >= 4 is 5.69 Å². The van der Waals surface area contributed by atoms with Crippen LogP contribution >= 0.6 is 0 Å². The van der Waals surface area contributed by atoms with E-state index in [0.29, 0.717) is 24.8 Å². The highest BCUT2D eigenvalue weighted by molar-refractivity contribution is 5.43. The molecule has 0 fully saturated rings. The van der Waals surface area contributed by atoms with Crippen LogP contribution in [0, 0.1) is 6.92 Å². The lowest BCUT2D eigenvalue weighted by Crippen LogP contribution is -2.12. The molecular formula is C11H18N2O2. The molecule has 0 aliphatic carbocycles. The van der Waals surface area contributed by atoms with E-state index in [-0.39, 0.29) is 6.10 Å². The summed E-state index contributed by atoms with van der Waals surface area (Å²) in [4.78, 5) is 4.19. The van der Waals surface area contributed by atoms with Gasteiger partial charge in [0.1, 0.15) is 6.61 Å². The van der Waals surface area contributed by atoms with Crippen LogP contribution in [0.1, 0.15) is 19.5 Å².